The summed E-state index contributed by atoms with van der Waals surface area (Å²) in [6, 6.07) is 10.0. The van der Waals surface area contributed by atoms with Crippen LogP contribution >= 0.6 is 12.2 Å². The van der Waals surface area contributed by atoms with E-state index in [1.807, 2.05) is 53.4 Å². The summed E-state index contributed by atoms with van der Waals surface area (Å²) in [6.45, 7) is 6.73. The molecule has 25 heavy (non-hydrogen) atoms. The van der Waals surface area contributed by atoms with Crippen molar-refractivity contribution in [3.63, 3.8) is 0 Å². The molecule has 1 aliphatic heterocycles. The number of likely N-dealkylation sites (tertiary alicyclic amines) is 1. The molecule has 1 N–H and O–H groups in total. The van der Waals surface area contributed by atoms with E-state index >= 15 is 0 Å². The van der Waals surface area contributed by atoms with Crippen molar-refractivity contribution in [1.82, 2.24) is 14.3 Å². The summed E-state index contributed by atoms with van der Waals surface area (Å²) in [5.41, 5.74) is 1.02. The molecule has 3 rings (SSSR count). The molecule has 7 heteroatoms. The van der Waals surface area contributed by atoms with Crippen molar-refractivity contribution < 1.29 is 14.4 Å². The molecule has 2 heterocycles. The van der Waals surface area contributed by atoms with Crippen LogP contribution in [0.5, 0.6) is 0 Å². The molecule has 0 aliphatic carbocycles. The van der Waals surface area contributed by atoms with Crippen LogP contribution in [0.4, 0.5) is 0 Å². The van der Waals surface area contributed by atoms with Crippen molar-refractivity contribution in [2.24, 2.45) is 5.92 Å². The summed E-state index contributed by atoms with van der Waals surface area (Å²) >= 11 is 5.64. The van der Waals surface area contributed by atoms with Gasteiger partial charge in [0.15, 0.2) is 6.67 Å². The van der Waals surface area contributed by atoms with Gasteiger partial charge in [-0.15, -0.1) is 0 Å². The highest BCUT2D eigenvalue weighted by atomic mass is 32.1. The lowest BCUT2D eigenvalue weighted by atomic mass is 9.99. The number of benzene rings is 1. The molecule has 2 aromatic rings. The van der Waals surface area contributed by atoms with Gasteiger partial charge in [-0.05, 0) is 51.0 Å². The number of hydrogen-bond acceptors (Lipinski definition) is 4. The molecule has 1 saturated heterocycles. The normalized spacial score (nSPS) is 20.4. The third-order valence-corrected chi connectivity index (χ3v) is 5.02. The summed E-state index contributed by atoms with van der Waals surface area (Å²) in [7, 11) is 0. The molecular formula is C18H25N4O2S+. The van der Waals surface area contributed by atoms with E-state index in [4.69, 9.17) is 17.0 Å². The number of para-hydroxylation sites is 1. The number of esters is 1. The summed E-state index contributed by atoms with van der Waals surface area (Å²) in [5.74, 6) is 0.777. The van der Waals surface area contributed by atoms with Gasteiger partial charge >= 0.3 is 5.97 Å². The summed E-state index contributed by atoms with van der Waals surface area (Å²) in [5, 5.41) is 4.63. The van der Waals surface area contributed by atoms with E-state index in [0.29, 0.717) is 18.0 Å². The van der Waals surface area contributed by atoms with Crippen LogP contribution in [-0.2, 0) is 16.2 Å². The van der Waals surface area contributed by atoms with Gasteiger partial charge in [-0.1, -0.05) is 18.2 Å². The van der Waals surface area contributed by atoms with Crippen LogP contribution in [-0.4, -0.2) is 40.0 Å². The van der Waals surface area contributed by atoms with E-state index in [9.17, 15) is 4.79 Å². The van der Waals surface area contributed by atoms with Crippen LogP contribution in [0.25, 0.3) is 5.69 Å². The first-order valence-corrected chi connectivity index (χ1v) is 9.23. The Hall–Kier alpha value is -1.99. The van der Waals surface area contributed by atoms with E-state index in [-0.39, 0.29) is 11.9 Å². The lowest BCUT2D eigenvalue weighted by Crippen LogP contribution is -3.13. The summed E-state index contributed by atoms with van der Waals surface area (Å²) in [6.07, 6.45) is 1.93. The zero-order valence-electron chi connectivity index (χ0n) is 14.8. The van der Waals surface area contributed by atoms with Gasteiger partial charge in [-0.3, -0.25) is 9.36 Å². The minimum Gasteiger partial charge on any atom is -0.466 e. The summed E-state index contributed by atoms with van der Waals surface area (Å²) in [4.78, 5) is 13.3. The lowest BCUT2D eigenvalue weighted by Gasteiger charge is -2.28. The van der Waals surface area contributed by atoms with Gasteiger partial charge in [0.1, 0.15) is 11.7 Å². The highest BCUT2D eigenvalue weighted by Gasteiger charge is 2.30. The van der Waals surface area contributed by atoms with Crippen molar-refractivity contribution in [2.45, 2.75) is 33.4 Å². The molecule has 0 amide bonds. The highest BCUT2D eigenvalue weighted by molar-refractivity contribution is 7.71. The number of quaternary nitrogens is 1. The molecule has 1 aromatic heterocycles. The third-order valence-electron chi connectivity index (χ3n) is 4.63. The minimum atomic E-state index is -0.0747. The predicted molar refractivity (Wildman–Crippen MR) is 97.2 cm³/mol. The van der Waals surface area contributed by atoms with Crippen LogP contribution < -0.4 is 4.90 Å². The maximum atomic E-state index is 12.0. The molecule has 0 radical (unpaired) electrons. The number of aromatic nitrogens is 3. The zero-order valence-corrected chi connectivity index (χ0v) is 15.6. The Morgan fingerprint density at radius 1 is 1.40 bits per heavy atom. The molecule has 1 unspecified atom stereocenters. The molecule has 134 valence electrons. The van der Waals surface area contributed by atoms with Gasteiger partial charge in [0.05, 0.1) is 19.7 Å². The van der Waals surface area contributed by atoms with Crippen molar-refractivity contribution in [3.8, 4) is 5.69 Å². The Morgan fingerprint density at radius 3 is 2.88 bits per heavy atom. The minimum absolute atomic E-state index is 0.0184. The summed E-state index contributed by atoms with van der Waals surface area (Å²) < 4.78 is 9.74. The van der Waals surface area contributed by atoms with Crippen molar-refractivity contribution in [2.75, 3.05) is 19.7 Å². The maximum Gasteiger partial charge on any atom is 0.314 e. The molecule has 0 saturated carbocycles. The molecular weight excluding hydrogens is 336 g/mol. The Bertz CT molecular complexity index is 784. The molecule has 0 bridgehead atoms. The third kappa shape index (κ3) is 3.99. The Morgan fingerprint density at radius 2 is 2.16 bits per heavy atom. The van der Waals surface area contributed by atoms with E-state index in [1.165, 1.54) is 4.90 Å². The van der Waals surface area contributed by atoms with Crippen molar-refractivity contribution in [1.29, 1.82) is 0 Å². The lowest BCUT2D eigenvalue weighted by molar-refractivity contribution is -0.930. The van der Waals surface area contributed by atoms with Crippen LogP contribution in [0.15, 0.2) is 30.3 Å². The second-order valence-corrected chi connectivity index (χ2v) is 6.82. The highest BCUT2D eigenvalue weighted by Crippen LogP contribution is 2.12. The largest absolute Gasteiger partial charge is 0.466 e. The predicted octanol–water partition coefficient (Wildman–Crippen LogP) is 1.53. The maximum absolute atomic E-state index is 12.0. The fourth-order valence-corrected chi connectivity index (χ4v) is 3.80. The molecule has 1 aromatic carbocycles. The number of hydrogen-bond donors (Lipinski definition) is 1. The molecule has 6 nitrogen and oxygen atoms in total. The average molecular weight is 361 g/mol. The first-order chi connectivity index (χ1) is 12.1. The van der Waals surface area contributed by atoms with Crippen LogP contribution in [0, 0.1) is 17.6 Å². The van der Waals surface area contributed by atoms with E-state index in [1.54, 1.807) is 0 Å². The quantitative estimate of drug-likeness (QED) is 0.648. The van der Waals surface area contributed by atoms with Crippen LogP contribution in [0.1, 0.15) is 25.6 Å². The number of rotatable bonds is 5. The Kier molecular flexibility index (Phi) is 5.65. The monoisotopic (exact) mass is 361 g/mol. The SMILES string of the molecule is CCOC(=O)[C@H]1CCC[NH+](Cn2nc(C)n(-c3ccccc3)c2=S)C1. The van der Waals surface area contributed by atoms with Crippen LogP contribution in [0.3, 0.4) is 0 Å². The fraction of sp³-hybridized carbons (Fsp3) is 0.500. The van der Waals surface area contributed by atoms with Gasteiger partial charge in [-0.25, -0.2) is 0 Å². The second-order valence-electron chi connectivity index (χ2n) is 6.45. The van der Waals surface area contributed by atoms with Gasteiger partial charge in [-0.2, -0.15) is 9.78 Å². The number of ether oxygens (including phenoxy) is 1. The first-order valence-electron chi connectivity index (χ1n) is 8.82. The number of carbonyl (C=O) groups excluding carboxylic acids is 1. The van der Waals surface area contributed by atoms with Crippen molar-refractivity contribution in [3.05, 3.63) is 40.9 Å². The number of carbonyl (C=O) groups is 1. The van der Waals surface area contributed by atoms with E-state index in [0.717, 1.165) is 37.4 Å². The molecule has 2 atom stereocenters. The van der Waals surface area contributed by atoms with Gasteiger partial charge < -0.3 is 9.64 Å². The topological polar surface area (TPSA) is 53.5 Å². The number of aryl methyl sites for hydroxylation is 1. The first kappa shape index (κ1) is 17.8. The van der Waals surface area contributed by atoms with Gasteiger partial charge in [0, 0.05) is 5.69 Å². The zero-order chi connectivity index (χ0) is 17.8. The Balaban J connectivity index is 1.75. The number of piperidine rings is 1. The van der Waals surface area contributed by atoms with Gasteiger partial charge in [0.2, 0.25) is 4.77 Å². The molecule has 0 spiro atoms. The smallest absolute Gasteiger partial charge is 0.314 e. The number of nitrogens with one attached hydrogen (secondary N) is 1. The van der Waals surface area contributed by atoms with Gasteiger partial charge in [0.25, 0.3) is 0 Å². The molecule has 1 fully saturated rings. The average Bonchev–Trinajstić information content (AvgIpc) is 2.89. The molecule has 1 aliphatic rings. The van der Waals surface area contributed by atoms with E-state index in [2.05, 4.69) is 5.10 Å². The standard InChI is InChI=1S/C18H24N4O2S/c1-3-24-17(23)15-8-7-11-20(12-15)13-21-18(25)22(14(2)19-21)16-9-5-4-6-10-16/h4-6,9-10,15H,3,7-8,11-13H2,1-2H3/p+1/t15-/m0/s1. The van der Waals surface area contributed by atoms with Crippen molar-refractivity contribution >= 4 is 18.2 Å². The number of nitrogens with zero attached hydrogens (tertiary/aromatic N) is 3. The fourth-order valence-electron chi connectivity index (χ4n) is 3.46. The van der Waals surface area contributed by atoms with E-state index < -0.39 is 0 Å². The van der Waals surface area contributed by atoms with Crippen LogP contribution in [0.2, 0.25) is 0 Å². The second kappa shape index (κ2) is 7.93. The Labute approximate surface area is 153 Å².